The van der Waals surface area contributed by atoms with Crippen LogP contribution in [0.15, 0.2) is 48.5 Å². The van der Waals surface area contributed by atoms with E-state index in [2.05, 4.69) is 5.32 Å². The van der Waals surface area contributed by atoms with E-state index < -0.39 is 0 Å². The molecule has 0 heterocycles. The van der Waals surface area contributed by atoms with Gasteiger partial charge in [-0.05, 0) is 55.3 Å². The van der Waals surface area contributed by atoms with Gasteiger partial charge in [-0.3, -0.25) is 9.59 Å². The Hall–Kier alpha value is -2.69. The summed E-state index contributed by atoms with van der Waals surface area (Å²) < 4.78 is 12.9. The lowest BCUT2D eigenvalue weighted by molar-refractivity contribution is 0.0755. The number of nitrogens with zero attached hydrogens (tertiary/aromatic N) is 1. The van der Waals surface area contributed by atoms with E-state index >= 15 is 0 Å². The van der Waals surface area contributed by atoms with Gasteiger partial charge in [0.25, 0.3) is 11.8 Å². The summed E-state index contributed by atoms with van der Waals surface area (Å²) in [4.78, 5) is 26.8. The number of nitrogens with one attached hydrogen (secondary N) is 1. The highest BCUT2D eigenvalue weighted by atomic mass is 19.1. The Bertz CT molecular complexity index is 723. The molecule has 4 nitrogen and oxygen atoms in total. The van der Waals surface area contributed by atoms with E-state index in [1.54, 1.807) is 29.2 Å². The molecule has 0 radical (unpaired) electrons. The summed E-state index contributed by atoms with van der Waals surface area (Å²) in [5.41, 5.74) is 1.39. The Balaban J connectivity index is 2.15. The number of carbonyl (C=O) groups is 2. The number of amides is 2. The second-order valence-corrected chi connectivity index (χ2v) is 5.83. The predicted molar refractivity (Wildman–Crippen MR) is 97.3 cm³/mol. The smallest absolute Gasteiger partial charge is 0.255 e. The minimum absolute atomic E-state index is 0.0693. The van der Waals surface area contributed by atoms with Crippen LogP contribution in [0.1, 0.15) is 47.4 Å². The monoisotopic (exact) mass is 342 g/mol. The first-order chi connectivity index (χ1) is 12.0. The van der Waals surface area contributed by atoms with Gasteiger partial charge in [-0.25, -0.2) is 4.39 Å². The maximum atomic E-state index is 12.9. The molecule has 0 saturated heterocycles. The minimum atomic E-state index is -0.363. The van der Waals surface area contributed by atoms with Crippen molar-refractivity contribution in [3.63, 3.8) is 0 Å². The number of rotatable bonds is 7. The third-order valence-corrected chi connectivity index (χ3v) is 3.75. The average molecular weight is 342 g/mol. The molecule has 0 aliphatic rings. The summed E-state index contributed by atoms with van der Waals surface area (Å²) in [6.45, 7) is 5.45. The maximum Gasteiger partial charge on any atom is 0.255 e. The van der Waals surface area contributed by atoms with Crippen LogP contribution in [0.5, 0.6) is 0 Å². The third kappa shape index (κ3) is 5.14. The Labute approximate surface area is 147 Å². The first-order valence-corrected chi connectivity index (χ1v) is 8.51. The van der Waals surface area contributed by atoms with E-state index in [0.717, 1.165) is 12.8 Å². The topological polar surface area (TPSA) is 49.4 Å². The van der Waals surface area contributed by atoms with Gasteiger partial charge in [-0.2, -0.15) is 0 Å². The van der Waals surface area contributed by atoms with Crippen LogP contribution in [-0.4, -0.2) is 29.8 Å². The summed E-state index contributed by atoms with van der Waals surface area (Å²) >= 11 is 0. The second kappa shape index (κ2) is 8.97. The van der Waals surface area contributed by atoms with Crippen LogP contribution < -0.4 is 5.32 Å². The minimum Gasteiger partial charge on any atom is -0.339 e. The molecule has 0 bridgehead atoms. The molecule has 0 aliphatic carbocycles. The first-order valence-electron chi connectivity index (χ1n) is 8.51. The van der Waals surface area contributed by atoms with Gasteiger partial charge < -0.3 is 10.2 Å². The molecule has 0 aliphatic heterocycles. The van der Waals surface area contributed by atoms with E-state index in [1.165, 1.54) is 24.3 Å². The van der Waals surface area contributed by atoms with Crippen LogP contribution in [0, 0.1) is 5.82 Å². The van der Waals surface area contributed by atoms with Crippen LogP contribution in [0.4, 0.5) is 10.1 Å². The van der Waals surface area contributed by atoms with Crippen LogP contribution in [-0.2, 0) is 0 Å². The Morgan fingerprint density at radius 1 is 0.960 bits per heavy atom. The van der Waals surface area contributed by atoms with E-state index in [-0.39, 0.29) is 17.6 Å². The summed E-state index contributed by atoms with van der Waals surface area (Å²) in [6.07, 6.45) is 1.77. The molecule has 25 heavy (non-hydrogen) atoms. The largest absolute Gasteiger partial charge is 0.339 e. The van der Waals surface area contributed by atoms with Crippen molar-refractivity contribution in [3.8, 4) is 0 Å². The summed E-state index contributed by atoms with van der Waals surface area (Å²) in [5.74, 6) is -0.767. The SMILES string of the molecule is CCCN(CCC)C(=O)c1cccc(C(=O)Nc2ccc(F)cc2)c1. The zero-order chi connectivity index (χ0) is 18.2. The molecule has 2 aromatic carbocycles. The third-order valence-electron chi connectivity index (χ3n) is 3.75. The van der Waals surface area contributed by atoms with Gasteiger partial charge in [0.1, 0.15) is 5.82 Å². The molecule has 5 heteroatoms. The summed E-state index contributed by atoms with van der Waals surface area (Å²) in [7, 11) is 0. The Morgan fingerprint density at radius 3 is 2.16 bits per heavy atom. The molecule has 2 amide bonds. The fraction of sp³-hybridized carbons (Fsp3) is 0.300. The molecule has 1 N–H and O–H groups in total. The number of hydrogen-bond acceptors (Lipinski definition) is 2. The fourth-order valence-electron chi connectivity index (χ4n) is 2.57. The highest BCUT2D eigenvalue weighted by molar-refractivity contribution is 6.06. The van der Waals surface area contributed by atoms with E-state index in [0.29, 0.717) is 29.9 Å². The molecule has 0 saturated carbocycles. The number of hydrogen-bond donors (Lipinski definition) is 1. The zero-order valence-electron chi connectivity index (χ0n) is 14.6. The lowest BCUT2D eigenvalue weighted by Gasteiger charge is -2.21. The predicted octanol–water partition coefficient (Wildman–Crippen LogP) is 4.34. The normalized spacial score (nSPS) is 10.4. The molecule has 2 aromatic rings. The van der Waals surface area contributed by atoms with Crippen LogP contribution >= 0.6 is 0 Å². The maximum absolute atomic E-state index is 12.9. The highest BCUT2D eigenvalue weighted by Crippen LogP contribution is 2.13. The van der Waals surface area contributed by atoms with Gasteiger partial charge in [0.2, 0.25) is 0 Å². The number of benzene rings is 2. The van der Waals surface area contributed by atoms with Gasteiger partial charge in [0.15, 0.2) is 0 Å². The second-order valence-electron chi connectivity index (χ2n) is 5.83. The van der Waals surface area contributed by atoms with Gasteiger partial charge in [0, 0.05) is 29.9 Å². The fourth-order valence-corrected chi connectivity index (χ4v) is 2.57. The van der Waals surface area contributed by atoms with Gasteiger partial charge >= 0.3 is 0 Å². The highest BCUT2D eigenvalue weighted by Gasteiger charge is 2.16. The molecule has 0 atom stereocenters. The standard InChI is InChI=1S/C20H23FN2O2/c1-3-12-23(13-4-2)20(25)16-7-5-6-15(14-16)19(24)22-18-10-8-17(21)9-11-18/h5-11,14H,3-4,12-13H2,1-2H3,(H,22,24). The molecule has 0 aromatic heterocycles. The van der Waals surface area contributed by atoms with Crippen molar-refractivity contribution < 1.29 is 14.0 Å². The molecular formula is C20H23FN2O2. The quantitative estimate of drug-likeness (QED) is 0.814. The van der Waals surface area contributed by atoms with Crippen LogP contribution in [0.2, 0.25) is 0 Å². The Kier molecular flexibility index (Phi) is 6.69. The van der Waals surface area contributed by atoms with Crippen molar-refractivity contribution in [3.05, 3.63) is 65.5 Å². The van der Waals surface area contributed by atoms with Gasteiger partial charge in [0.05, 0.1) is 0 Å². The number of halogens is 1. The van der Waals surface area contributed by atoms with E-state index in [1.807, 2.05) is 13.8 Å². The van der Waals surface area contributed by atoms with Crippen molar-refractivity contribution in [1.29, 1.82) is 0 Å². The number of carbonyl (C=O) groups excluding carboxylic acids is 2. The lowest BCUT2D eigenvalue weighted by atomic mass is 10.1. The van der Waals surface area contributed by atoms with Crippen molar-refractivity contribution in [2.75, 3.05) is 18.4 Å². The van der Waals surface area contributed by atoms with Crippen LogP contribution in [0.3, 0.4) is 0 Å². The van der Waals surface area contributed by atoms with Crippen molar-refractivity contribution in [2.45, 2.75) is 26.7 Å². The van der Waals surface area contributed by atoms with Gasteiger partial charge in [-0.15, -0.1) is 0 Å². The Morgan fingerprint density at radius 2 is 1.56 bits per heavy atom. The molecular weight excluding hydrogens is 319 g/mol. The van der Waals surface area contributed by atoms with E-state index in [9.17, 15) is 14.0 Å². The molecule has 0 spiro atoms. The summed E-state index contributed by atoms with van der Waals surface area (Å²) in [6, 6.07) is 12.2. The van der Waals surface area contributed by atoms with Crippen molar-refractivity contribution in [2.24, 2.45) is 0 Å². The average Bonchev–Trinajstić information content (AvgIpc) is 2.63. The van der Waals surface area contributed by atoms with Crippen LogP contribution in [0.25, 0.3) is 0 Å². The number of anilines is 1. The molecule has 0 fully saturated rings. The van der Waals surface area contributed by atoms with Crippen molar-refractivity contribution >= 4 is 17.5 Å². The summed E-state index contributed by atoms with van der Waals surface area (Å²) in [5, 5.41) is 2.70. The zero-order valence-corrected chi connectivity index (χ0v) is 14.6. The molecule has 0 unspecified atom stereocenters. The van der Waals surface area contributed by atoms with Gasteiger partial charge in [-0.1, -0.05) is 19.9 Å². The van der Waals surface area contributed by atoms with E-state index in [4.69, 9.17) is 0 Å². The molecule has 132 valence electrons. The lowest BCUT2D eigenvalue weighted by Crippen LogP contribution is -2.32. The first kappa shape index (κ1) is 18.6. The molecule has 2 rings (SSSR count). The van der Waals surface area contributed by atoms with Crippen molar-refractivity contribution in [1.82, 2.24) is 4.90 Å².